The van der Waals surface area contributed by atoms with Gasteiger partial charge in [0.05, 0.1) is 24.8 Å². The van der Waals surface area contributed by atoms with E-state index in [4.69, 9.17) is 9.47 Å². The zero-order chi connectivity index (χ0) is 43.4. The van der Waals surface area contributed by atoms with Crippen molar-refractivity contribution >= 4 is 46.7 Å². The van der Waals surface area contributed by atoms with Crippen LogP contribution >= 0.6 is 11.3 Å². The van der Waals surface area contributed by atoms with Gasteiger partial charge in [0, 0.05) is 18.7 Å². The molecule has 4 rings (SSSR count). The van der Waals surface area contributed by atoms with Crippen molar-refractivity contribution in [2.45, 2.75) is 136 Å². The molecule has 4 N–H and O–H groups in total. The van der Waals surface area contributed by atoms with E-state index in [1.807, 2.05) is 88.4 Å². The molecular weight excluding hydrogens is 771 g/mol. The lowest BCUT2D eigenvalue weighted by Gasteiger charge is -2.35. The van der Waals surface area contributed by atoms with Crippen LogP contribution in [-0.2, 0) is 64.1 Å². The fourth-order valence-corrected chi connectivity index (χ4v) is 7.46. The molecule has 14 heteroatoms. The van der Waals surface area contributed by atoms with E-state index in [1.165, 1.54) is 18.3 Å². The minimum Gasteiger partial charge on any atom is -0.458 e. The molecule has 4 amide bonds. The molecule has 2 aromatic carbocycles. The highest BCUT2D eigenvalue weighted by atomic mass is 32.1. The van der Waals surface area contributed by atoms with Crippen LogP contribution < -0.4 is 21.3 Å². The Bertz CT molecular complexity index is 1920. The van der Waals surface area contributed by atoms with Crippen molar-refractivity contribution in [2.24, 2.45) is 11.8 Å². The Kier molecular flexibility index (Phi) is 16.5. The van der Waals surface area contributed by atoms with Gasteiger partial charge in [0.25, 0.3) is 0 Å². The third kappa shape index (κ3) is 14.1. The molecule has 3 aromatic rings. The van der Waals surface area contributed by atoms with Crippen molar-refractivity contribution in [3.8, 4) is 0 Å². The van der Waals surface area contributed by atoms with E-state index in [1.54, 1.807) is 26.2 Å². The predicted molar refractivity (Wildman–Crippen MR) is 226 cm³/mol. The number of nitrogens with one attached hydrogen (secondary N) is 4. The Morgan fingerprint density at radius 1 is 0.864 bits per heavy atom. The first-order chi connectivity index (χ1) is 27.8. The molecule has 1 aliphatic rings. The van der Waals surface area contributed by atoms with Gasteiger partial charge in [-0.2, -0.15) is 0 Å². The molecule has 0 aliphatic carbocycles. The Hall–Kier alpha value is -4.95. The summed E-state index contributed by atoms with van der Waals surface area (Å²) < 4.78 is 10.5. The number of carbonyl (C=O) groups is 6. The molecule has 13 nitrogen and oxygen atoms in total. The Morgan fingerprint density at radius 3 is 2.03 bits per heavy atom. The SMILES string of the molecule is CCC(C)CC(NC(=O)C(C)(Cc1ccccc1)NC(=O)C(CC(C)C)NC(=O)C(C)(CCc1ccccc1)NC(=O)Cc1csc(COC(C)=O)n1)C(=O)C1(C)CO1. The van der Waals surface area contributed by atoms with Gasteiger partial charge in [-0.05, 0) is 69.4 Å². The first-order valence-electron chi connectivity index (χ1n) is 20.4. The minimum atomic E-state index is -1.54. The van der Waals surface area contributed by atoms with Crippen molar-refractivity contribution in [1.29, 1.82) is 0 Å². The summed E-state index contributed by atoms with van der Waals surface area (Å²) in [5, 5.41) is 14.1. The fraction of sp³-hybridized carbons (Fsp3) is 0.533. The maximum absolute atomic E-state index is 14.5. The molecule has 6 unspecified atom stereocenters. The number of carbonyl (C=O) groups excluding carboxylic acids is 6. The summed E-state index contributed by atoms with van der Waals surface area (Å²) in [4.78, 5) is 86.3. The van der Waals surface area contributed by atoms with Gasteiger partial charge < -0.3 is 30.7 Å². The van der Waals surface area contributed by atoms with E-state index < -0.39 is 58.4 Å². The number of aryl methyl sites for hydroxylation is 1. The molecule has 6 atom stereocenters. The van der Waals surface area contributed by atoms with Gasteiger partial charge in [-0.25, -0.2) is 4.98 Å². The summed E-state index contributed by atoms with van der Waals surface area (Å²) in [6, 6.07) is 16.9. The van der Waals surface area contributed by atoms with E-state index in [9.17, 15) is 28.8 Å². The molecule has 1 fully saturated rings. The second kappa shape index (κ2) is 20.8. The highest BCUT2D eigenvalue weighted by Gasteiger charge is 2.51. The van der Waals surface area contributed by atoms with Gasteiger partial charge in [-0.15, -0.1) is 11.3 Å². The molecule has 1 aliphatic heterocycles. The van der Waals surface area contributed by atoms with Crippen LogP contribution in [0.25, 0.3) is 0 Å². The number of ketones is 1. The Labute approximate surface area is 352 Å². The topological polar surface area (TPSA) is 185 Å². The number of thiazole rings is 1. The lowest BCUT2D eigenvalue weighted by molar-refractivity contribution is -0.142. The van der Waals surface area contributed by atoms with Crippen LogP contribution in [0.4, 0.5) is 0 Å². The third-order valence-electron chi connectivity index (χ3n) is 10.7. The number of hydrogen-bond donors (Lipinski definition) is 4. The molecule has 0 bridgehead atoms. The maximum atomic E-state index is 14.5. The number of epoxide rings is 1. The molecule has 0 saturated carbocycles. The Balaban J connectivity index is 1.59. The summed E-state index contributed by atoms with van der Waals surface area (Å²) in [5.74, 6) is -2.70. The average molecular weight is 832 g/mol. The molecule has 0 radical (unpaired) electrons. The molecule has 59 heavy (non-hydrogen) atoms. The standard InChI is InChI=1S/C45H61N5O8S/c1-9-30(4)23-35(39(53)45(8)28-58-45)47-42(56)44(7,25-33-18-14-11-15-19-33)50-40(54)36(22-29(2)3)48-41(55)43(6,21-20-32-16-12-10-13-17-32)49-37(52)24-34-27-59-38(46-34)26-57-31(5)51/h10-19,27,29-30,35-36H,9,20-26,28H2,1-8H3,(H,47,56)(H,48,55)(H,49,52)(H,50,54). The van der Waals surface area contributed by atoms with Gasteiger partial charge in [0.15, 0.2) is 5.78 Å². The summed E-state index contributed by atoms with van der Waals surface area (Å²) in [7, 11) is 0. The van der Waals surface area contributed by atoms with E-state index in [0.717, 1.165) is 17.5 Å². The highest BCUT2D eigenvalue weighted by Crippen LogP contribution is 2.30. The summed E-state index contributed by atoms with van der Waals surface area (Å²) in [5.41, 5.74) is -1.76. The van der Waals surface area contributed by atoms with Crippen molar-refractivity contribution in [3.63, 3.8) is 0 Å². The van der Waals surface area contributed by atoms with Crippen LogP contribution in [0, 0.1) is 11.8 Å². The van der Waals surface area contributed by atoms with Crippen LogP contribution in [0.2, 0.25) is 0 Å². The number of amides is 4. The van der Waals surface area contributed by atoms with Crippen LogP contribution in [0.3, 0.4) is 0 Å². The van der Waals surface area contributed by atoms with E-state index in [0.29, 0.717) is 23.5 Å². The van der Waals surface area contributed by atoms with Gasteiger partial charge in [0.2, 0.25) is 23.6 Å². The molecule has 1 aromatic heterocycles. The smallest absolute Gasteiger partial charge is 0.303 e. The first-order valence-corrected chi connectivity index (χ1v) is 21.3. The van der Waals surface area contributed by atoms with Gasteiger partial charge in [0.1, 0.15) is 34.3 Å². The number of esters is 1. The maximum Gasteiger partial charge on any atom is 0.303 e. The number of ether oxygens (including phenoxy) is 2. The largest absolute Gasteiger partial charge is 0.458 e. The lowest BCUT2D eigenvalue weighted by Crippen LogP contribution is -2.65. The number of aromatic nitrogens is 1. The van der Waals surface area contributed by atoms with Crippen LogP contribution in [0.15, 0.2) is 66.0 Å². The molecule has 320 valence electrons. The second-order valence-electron chi connectivity index (χ2n) is 16.9. The summed E-state index contributed by atoms with van der Waals surface area (Å²) >= 11 is 1.26. The van der Waals surface area contributed by atoms with Gasteiger partial charge >= 0.3 is 5.97 Å². The fourth-order valence-electron chi connectivity index (χ4n) is 6.75. The molecule has 0 spiro atoms. The minimum absolute atomic E-state index is 0.00462. The van der Waals surface area contributed by atoms with E-state index in [2.05, 4.69) is 26.3 Å². The van der Waals surface area contributed by atoms with Crippen molar-refractivity contribution in [3.05, 3.63) is 87.9 Å². The number of hydrogen-bond acceptors (Lipinski definition) is 10. The predicted octanol–water partition coefficient (Wildman–Crippen LogP) is 5.18. The average Bonchev–Trinajstić information content (AvgIpc) is 3.79. The van der Waals surface area contributed by atoms with Crippen molar-refractivity contribution in [1.82, 2.24) is 26.3 Å². The van der Waals surface area contributed by atoms with Gasteiger partial charge in [-0.1, -0.05) is 94.8 Å². The van der Waals surface area contributed by atoms with Crippen LogP contribution in [0.5, 0.6) is 0 Å². The van der Waals surface area contributed by atoms with Crippen LogP contribution in [-0.4, -0.2) is 75.7 Å². The van der Waals surface area contributed by atoms with Gasteiger partial charge in [-0.3, -0.25) is 28.8 Å². The first kappa shape index (κ1) is 46.7. The van der Waals surface area contributed by atoms with E-state index in [-0.39, 0.29) is 56.5 Å². The lowest BCUT2D eigenvalue weighted by atomic mass is 9.87. The number of benzene rings is 2. The third-order valence-corrected chi connectivity index (χ3v) is 11.6. The molecule has 1 saturated heterocycles. The number of Topliss-reactive ketones (excluding diaryl/α,β-unsaturated/α-hetero) is 1. The zero-order valence-electron chi connectivity index (χ0n) is 35.6. The quantitative estimate of drug-likeness (QED) is 0.0739. The zero-order valence-corrected chi connectivity index (χ0v) is 36.5. The normalized spacial score (nSPS) is 18.3. The molecular formula is C45H61N5O8S. The highest BCUT2D eigenvalue weighted by molar-refractivity contribution is 7.09. The Morgan fingerprint density at radius 2 is 1.46 bits per heavy atom. The second-order valence-corrected chi connectivity index (χ2v) is 17.8. The monoisotopic (exact) mass is 831 g/mol. The summed E-state index contributed by atoms with van der Waals surface area (Å²) in [6.07, 6.45) is 2.09. The molecule has 2 heterocycles. The van der Waals surface area contributed by atoms with E-state index >= 15 is 0 Å². The van der Waals surface area contributed by atoms with Crippen molar-refractivity contribution < 1.29 is 38.2 Å². The number of nitrogens with zero attached hydrogens (tertiary/aromatic N) is 1. The van der Waals surface area contributed by atoms with Crippen LogP contribution in [0.1, 0.15) is 103 Å². The summed E-state index contributed by atoms with van der Waals surface area (Å²) in [6.45, 7) is 14.4. The van der Waals surface area contributed by atoms with Crippen molar-refractivity contribution in [2.75, 3.05) is 6.61 Å². The number of rotatable bonds is 23.